The van der Waals surface area contributed by atoms with Crippen molar-refractivity contribution >= 4 is 34.7 Å². The van der Waals surface area contributed by atoms with Gasteiger partial charge in [-0.2, -0.15) is 5.10 Å². The van der Waals surface area contributed by atoms with E-state index in [1.165, 1.54) is 0 Å². The van der Waals surface area contributed by atoms with Crippen LogP contribution in [0.3, 0.4) is 0 Å². The number of aliphatic imine (C=N–C) groups is 1. The van der Waals surface area contributed by atoms with E-state index in [4.69, 9.17) is 11.6 Å². The summed E-state index contributed by atoms with van der Waals surface area (Å²) >= 11 is 6.00. The molecule has 6 heteroatoms. The van der Waals surface area contributed by atoms with Crippen LogP contribution in [0.5, 0.6) is 0 Å². The number of nitrogens with one attached hydrogen (secondary N) is 3. The molecule has 0 amide bonds. The van der Waals surface area contributed by atoms with Crippen LogP contribution in [0.25, 0.3) is 22.2 Å². The summed E-state index contributed by atoms with van der Waals surface area (Å²) in [4.78, 5) is 7.49. The summed E-state index contributed by atoms with van der Waals surface area (Å²) < 4.78 is 0. The van der Waals surface area contributed by atoms with Crippen LogP contribution in [-0.2, 0) is 0 Å². The lowest BCUT2D eigenvalue weighted by Gasteiger charge is -2.03. The van der Waals surface area contributed by atoms with Crippen LogP contribution in [0, 0.1) is 0 Å². The van der Waals surface area contributed by atoms with Crippen molar-refractivity contribution in [3.63, 3.8) is 0 Å². The third-order valence-corrected chi connectivity index (χ3v) is 3.96. The van der Waals surface area contributed by atoms with Crippen LogP contribution < -0.4 is 10.7 Å². The molecule has 0 atom stereocenters. The largest absolute Gasteiger partial charge is 0.358 e. The number of H-pyrrole nitrogens is 1. The Morgan fingerprint density at radius 2 is 1.88 bits per heavy atom. The first-order valence-electron chi connectivity index (χ1n) is 7.53. The van der Waals surface area contributed by atoms with Crippen LogP contribution in [0.15, 0.2) is 58.6 Å². The molecule has 3 aromatic rings. The minimum atomic E-state index is 0.596. The summed E-state index contributed by atoms with van der Waals surface area (Å²) in [5.74, 6) is 0.596. The van der Waals surface area contributed by atoms with E-state index in [0.29, 0.717) is 11.0 Å². The average molecular weight is 340 g/mol. The fourth-order valence-electron chi connectivity index (χ4n) is 2.52. The Hall–Kier alpha value is -2.79. The van der Waals surface area contributed by atoms with Crippen molar-refractivity contribution in [3.05, 3.63) is 59.1 Å². The quantitative estimate of drug-likeness (QED) is 0.387. The normalized spacial score (nSPS) is 12.0. The number of halogens is 1. The molecule has 0 bridgehead atoms. The molecule has 0 saturated heterocycles. The van der Waals surface area contributed by atoms with Crippen molar-refractivity contribution in [1.29, 1.82) is 0 Å². The molecule has 3 rings (SSSR count). The highest BCUT2D eigenvalue weighted by Gasteiger charge is 2.11. The number of guanidine groups is 1. The molecule has 1 aromatic heterocycles. The molecule has 1 heterocycles. The average Bonchev–Trinajstić information content (AvgIpc) is 2.98. The maximum absolute atomic E-state index is 6.00. The minimum absolute atomic E-state index is 0.596. The molecule has 24 heavy (non-hydrogen) atoms. The lowest BCUT2D eigenvalue weighted by atomic mass is 10.1. The number of nitrogens with zero attached hydrogens (tertiary/aromatic N) is 2. The van der Waals surface area contributed by atoms with Crippen LogP contribution in [0.4, 0.5) is 0 Å². The first kappa shape index (κ1) is 16.1. The summed E-state index contributed by atoms with van der Waals surface area (Å²) in [7, 11) is 3.48. The van der Waals surface area contributed by atoms with E-state index in [0.717, 1.165) is 27.7 Å². The Kier molecular flexibility index (Phi) is 4.82. The van der Waals surface area contributed by atoms with Crippen molar-refractivity contribution in [3.8, 4) is 11.3 Å². The van der Waals surface area contributed by atoms with Gasteiger partial charge in [-0.05, 0) is 23.8 Å². The second-order valence-corrected chi connectivity index (χ2v) is 5.59. The number of fused-ring (bicyclic) bond motifs is 1. The van der Waals surface area contributed by atoms with Crippen LogP contribution >= 0.6 is 11.6 Å². The minimum Gasteiger partial charge on any atom is -0.358 e. The van der Waals surface area contributed by atoms with Gasteiger partial charge in [0.05, 0.1) is 11.9 Å². The number of hydrogen-bond donors (Lipinski definition) is 3. The molecule has 0 radical (unpaired) electrons. The van der Waals surface area contributed by atoms with Gasteiger partial charge in [-0.3, -0.25) is 4.99 Å². The molecule has 0 aliphatic carbocycles. The second-order valence-electron chi connectivity index (χ2n) is 5.16. The molecule has 0 unspecified atom stereocenters. The van der Waals surface area contributed by atoms with Crippen LogP contribution in [0.2, 0.25) is 5.02 Å². The summed E-state index contributed by atoms with van der Waals surface area (Å²) in [6, 6.07) is 15.9. The van der Waals surface area contributed by atoms with E-state index in [9.17, 15) is 0 Å². The Labute approximate surface area is 145 Å². The van der Waals surface area contributed by atoms with E-state index in [-0.39, 0.29) is 0 Å². The van der Waals surface area contributed by atoms with Gasteiger partial charge in [0.1, 0.15) is 0 Å². The van der Waals surface area contributed by atoms with Gasteiger partial charge in [0.25, 0.3) is 0 Å². The number of rotatable bonds is 3. The predicted molar refractivity (Wildman–Crippen MR) is 102 cm³/mol. The van der Waals surface area contributed by atoms with Gasteiger partial charge < -0.3 is 10.3 Å². The topological polar surface area (TPSA) is 64.6 Å². The number of hydrazone groups is 1. The van der Waals surface area contributed by atoms with E-state index >= 15 is 0 Å². The molecular weight excluding hydrogens is 322 g/mol. The Morgan fingerprint density at radius 1 is 1.12 bits per heavy atom. The molecule has 0 spiro atoms. The zero-order chi connectivity index (χ0) is 16.9. The second kappa shape index (κ2) is 7.19. The van der Waals surface area contributed by atoms with Crippen molar-refractivity contribution < 1.29 is 0 Å². The highest BCUT2D eigenvalue weighted by Crippen LogP contribution is 2.29. The standard InChI is InChI=1S/C18H18ClN5/c1-20-18(21-2)24-22-11-15-14-5-3-4-6-16(14)23-17(15)12-7-9-13(19)10-8-12/h3-11,23H,1-2H3,(H2,20,21,24). The highest BCUT2D eigenvalue weighted by molar-refractivity contribution is 6.30. The molecular formula is C18H18ClN5. The summed E-state index contributed by atoms with van der Waals surface area (Å²) in [5, 5.41) is 9.04. The predicted octanol–water partition coefficient (Wildman–Crippen LogP) is 3.62. The van der Waals surface area contributed by atoms with Gasteiger partial charge in [-0.15, -0.1) is 0 Å². The summed E-state index contributed by atoms with van der Waals surface area (Å²) in [6.45, 7) is 0. The van der Waals surface area contributed by atoms with Gasteiger partial charge in [-0.25, -0.2) is 5.43 Å². The molecule has 0 fully saturated rings. The van der Waals surface area contributed by atoms with Crippen molar-refractivity contribution in [2.75, 3.05) is 14.1 Å². The lowest BCUT2D eigenvalue weighted by molar-refractivity contribution is 0.943. The molecule has 5 nitrogen and oxygen atoms in total. The molecule has 122 valence electrons. The molecule has 3 N–H and O–H groups in total. The van der Waals surface area contributed by atoms with Crippen molar-refractivity contribution in [2.45, 2.75) is 0 Å². The smallest absolute Gasteiger partial charge is 0.211 e. The fourth-order valence-corrected chi connectivity index (χ4v) is 2.64. The summed E-state index contributed by atoms with van der Waals surface area (Å²) in [6.07, 6.45) is 1.80. The van der Waals surface area contributed by atoms with Gasteiger partial charge in [0, 0.05) is 35.6 Å². The SMILES string of the molecule is CN=C(NC)NN=Cc1c(-c2ccc(Cl)cc2)[nH]c2ccccc12. The third kappa shape index (κ3) is 3.26. The number of hydrogen-bond acceptors (Lipinski definition) is 2. The fraction of sp³-hybridized carbons (Fsp3) is 0.111. The Balaban J connectivity index is 2.05. The maximum atomic E-state index is 6.00. The van der Waals surface area contributed by atoms with E-state index in [2.05, 4.69) is 31.9 Å². The lowest BCUT2D eigenvalue weighted by Crippen LogP contribution is -2.30. The molecule has 2 aromatic carbocycles. The third-order valence-electron chi connectivity index (χ3n) is 3.70. The zero-order valence-electron chi connectivity index (χ0n) is 13.5. The maximum Gasteiger partial charge on any atom is 0.211 e. The van der Waals surface area contributed by atoms with Gasteiger partial charge in [-0.1, -0.05) is 41.9 Å². The number of aromatic nitrogens is 1. The van der Waals surface area contributed by atoms with Gasteiger partial charge >= 0.3 is 0 Å². The Morgan fingerprint density at radius 3 is 2.58 bits per heavy atom. The zero-order valence-corrected chi connectivity index (χ0v) is 14.2. The molecule has 0 aliphatic heterocycles. The number of aromatic amines is 1. The van der Waals surface area contributed by atoms with E-state index in [1.807, 2.05) is 42.5 Å². The first-order valence-corrected chi connectivity index (χ1v) is 7.91. The molecule has 0 aliphatic rings. The van der Waals surface area contributed by atoms with Gasteiger partial charge in [0.2, 0.25) is 5.96 Å². The van der Waals surface area contributed by atoms with Crippen molar-refractivity contribution in [2.24, 2.45) is 10.1 Å². The van der Waals surface area contributed by atoms with Crippen LogP contribution in [-0.4, -0.2) is 31.3 Å². The first-order chi connectivity index (χ1) is 11.7. The highest BCUT2D eigenvalue weighted by atomic mass is 35.5. The van der Waals surface area contributed by atoms with Crippen LogP contribution in [0.1, 0.15) is 5.56 Å². The summed E-state index contributed by atoms with van der Waals surface area (Å²) in [5.41, 5.74) is 7.00. The number of benzene rings is 2. The Bertz CT molecular complexity index is 893. The van der Waals surface area contributed by atoms with E-state index in [1.54, 1.807) is 20.3 Å². The van der Waals surface area contributed by atoms with E-state index < -0.39 is 0 Å². The number of para-hydroxylation sites is 1. The molecule has 0 saturated carbocycles. The van der Waals surface area contributed by atoms with Crippen molar-refractivity contribution in [1.82, 2.24) is 15.7 Å². The van der Waals surface area contributed by atoms with Gasteiger partial charge in [0.15, 0.2) is 0 Å². The monoisotopic (exact) mass is 339 g/mol.